The zero-order valence-electron chi connectivity index (χ0n) is 29.8. The zero-order valence-corrected chi connectivity index (χ0v) is 30.8. The van der Waals surface area contributed by atoms with Gasteiger partial charge in [-0.1, -0.05) is 189 Å². The lowest BCUT2D eigenvalue weighted by Gasteiger charge is -2.17. The van der Waals surface area contributed by atoms with Gasteiger partial charge in [0.2, 0.25) is 0 Å². The first-order valence-electron chi connectivity index (χ1n) is 17.9. The van der Waals surface area contributed by atoms with Crippen LogP contribution < -0.4 is 5.19 Å². The van der Waals surface area contributed by atoms with Crippen molar-refractivity contribution in [3.63, 3.8) is 0 Å². The highest BCUT2D eigenvalue weighted by atomic mass is 28.3. The van der Waals surface area contributed by atoms with Crippen molar-refractivity contribution in [2.24, 2.45) is 0 Å². The van der Waals surface area contributed by atoms with E-state index in [0.717, 1.165) is 45.0 Å². The average molecular weight is 685 g/mol. The van der Waals surface area contributed by atoms with Crippen LogP contribution in [-0.2, 0) is 0 Å². The number of benzene rings is 7. The first-order valence-corrected chi connectivity index (χ1v) is 21.4. The van der Waals surface area contributed by atoms with Gasteiger partial charge in [0, 0.05) is 16.7 Å². The Hall–Kier alpha value is -6.16. The number of rotatable bonds is 8. The Labute approximate surface area is 308 Å². The molecule has 0 unspecified atom stereocenters. The Bertz CT molecular complexity index is 2460. The number of aromatic nitrogens is 2. The summed E-state index contributed by atoms with van der Waals surface area (Å²) < 4.78 is 0. The molecule has 1 heterocycles. The van der Waals surface area contributed by atoms with E-state index >= 15 is 0 Å². The predicted octanol–water partition coefficient (Wildman–Crippen LogP) is 12.7. The van der Waals surface area contributed by atoms with E-state index in [2.05, 4.69) is 202 Å². The number of hydrogen-bond acceptors (Lipinski definition) is 2. The summed E-state index contributed by atoms with van der Waals surface area (Å²) in [4.78, 5) is 10.3. The van der Waals surface area contributed by atoms with Crippen LogP contribution in [0.1, 0.15) is 0 Å². The molecule has 8 rings (SSSR count). The standard InChI is InChI=1S/C49H40N2Si/c1-52(2,3)46-29-27-39(28-30-46)48-34-47(38-15-8-5-9-16-38)50-49(51-48)45-22-12-21-44(33-45)43-20-11-19-42(32-43)41-18-10-17-40(31-41)37-25-23-36(24-26-37)35-13-6-4-7-14-35/h4-34H,1-3H3. The minimum Gasteiger partial charge on any atom is -0.228 e. The van der Waals surface area contributed by atoms with Gasteiger partial charge in [-0.05, 0) is 68.8 Å². The Morgan fingerprint density at radius 2 is 0.615 bits per heavy atom. The molecule has 0 radical (unpaired) electrons. The normalized spacial score (nSPS) is 11.4. The van der Waals surface area contributed by atoms with E-state index in [-0.39, 0.29) is 0 Å². The van der Waals surface area contributed by atoms with Crippen LogP contribution in [0.5, 0.6) is 0 Å². The van der Waals surface area contributed by atoms with E-state index in [1.54, 1.807) is 0 Å². The lowest BCUT2D eigenvalue weighted by atomic mass is 9.95. The van der Waals surface area contributed by atoms with E-state index in [9.17, 15) is 0 Å². The lowest BCUT2D eigenvalue weighted by Crippen LogP contribution is -2.37. The summed E-state index contributed by atoms with van der Waals surface area (Å²) in [6, 6.07) is 67.1. The van der Waals surface area contributed by atoms with Crippen LogP contribution in [0.3, 0.4) is 0 Å². The van der Waals surface area contributed by atoms with Crippen LogP contribution in [0.2, 0.25) is 19.6 Å². The van der Waals surface area contributed by atoms with Crippen molar-refractivity contribution in [1.29, 1.82) is 0 Å². The van der Waals surface area contributed by atoms with Crippen LogP contribution in [0, 0.1) is 0 Å². The van der Waals surface area contributed by atoms with Crippen LogP contribution in [0.15, 0.2) is 188 Å². The molecule has 7 aromatic carbocycles. The van der Waals surface area contributed by atoms with Gasteiger partial charge in [-0.25, -0.2) is 9.97 Å². The Kier molecular flexibility index (Phi) is 9.03. The van der Waals surface area contributed by atoms with Gasteiger partial charge in [-0.15, -0.1) is 0 Å². The van der Waals surface area contributed by atoms with Gasteiger partial charge in [0.25, 0.3) is 0 Å². The second kappa shape index (κ2) is 14.2. The largest absolute Gasteiger partial charge is 0.228 e. The average Bonchev–Trinajstić information content (AvgIpc) is 3.21. The zero-order chi connectivity index (χ0) is 35.5. The molecule has 0 spiro atoms. The highest BCUT2D eigenvalue weighted by Crippen LogP contribution is 2.33. The molecule has 1 aromatic heterocycles. The highest BCUT2D eigenvalue weighted by Gasteiger charge is 2.17. The predicted molar refractivity (Wildman–Crippen MR) is 223 cm³/mol. The molecule has 0 aliphatic heterocycles. The summed E-state index contributed by atoms with van der Waals surface area (Å²) >= 11 is 0. The molecule has 0 aliphatic rings. The van der Waals surface area contributed by atoms with E-state index in [1.165, 1.54) is 38.6 Å². The molecule has 0 bridgehead atoms. The highest BCUT2D eigenvalue weighted by molar-refractivity contribution is 6.88. The lowest BCUT2D eigenvalue weighted by molar-refractivity contribution is 1.18. The Balaban J connectivity index is 1.12. The number of nitrogens with zero attached hydrogens (tertiary/aromatic N) is 2. The SMILES string of the molecule is C[Si](C)(C)c1ccc(-c2cc(-c3ccccc3)nc(-c3cccc(-c4cccc(-c5cccc(-c6ccc(-c7ccccc7)cc6)c5)c4)c3)n2)cc1. The molecular weight excluding hydrogens is 645 g/mol. The fraction of sp³-hybridized carbons (Fsp3) is 0.0612. The minimum absolute atomic E-state index is 0.717. The summed E-state index contributed by atoms with van der Waals surface area (Å²) in [5.41, 5.74) is 14.5. The van der Waals surface area contributed by atoms with Crippen LogP contribution in [0.25, 0.3) is 78.4 Å². The van der Waals surface area contributed by atoms with E-state index in [4.69, 9.17) is 9.97 Å². The van der Waals surface area contributed by atoms with Crippen molar-refractivity contribution in [3.05, 3.63) is 188 Å². The molecule has 0 saturated heterocycles. The Morgan fingerprint density at radius 3 is 1.10 bits per heavy atom. The molecule has 52 heavy (non-hydrogen) atoms. The van der Waals surface area contributed by atoms with Crippen LogP contribution in [-0.4, -0.2) is 18.0 Å². The fourth-order valence-electron chi connectivity index (χ4n) is 6.70. The summed E-state index contributed by atoms with van der Waals surface area (Å²) in [5.74, 6) is 0.717. The van der Waals surface area contributed by atoms with Gasteiger partial charge in [0.05, 0.1) is 19.5 Å². The monoisotopic (exact) mass is 684 g/mol. The van der Waals surface area contributed by atoms with Crippen molar-refractivity contribution in [2.75, 3.05) is 0 Å². The molecule has 0 amide bonds. The molecule has 0 atom stereocenters. The first kappa shape index (κ1) is 33.0. The third kappa shape index (κ3) is 7.18. The molecule has 0 aliphatic carbocycles. The molecule has 250 valence electrons. The molecule has 8 aromatic rings. The maximum atomic E-state index is 5.15. The van der Waals surface area contributed by atoms with Gasteiger partial charge in [-0.2, -0.15) is 0 Å². The number of hydrogen-bond donors (Lipinski definition) is 0. The fourth-order valence-corrected chi connectivity index (χ4v) is 7.87. The van der Waals surface area contributed by atoms with Crippen molar-refractivity contribution in [3.8, 4) is 78.4 Å². The molecule has 0 saturated carbocycles. The van der Waals surface area contributed by atoms with Gasteiger partial charge < -0.3 is 0 Å². The summed E-state index contributed by atoms with van der Waals surface area (Å²) in [5, 5.41) is 1.44. The molecule has 0 fully saturated rings. The molecule has 0 N–H and O–H groups in total. The van der Waals surface area contributed by atoms with Gasteiger partial charge >= 0.3 is 0 Å². The second-order valence-electron chi connectivity index (χ2n) is 14.3. The topological polar surface area (TPSA) is 25.8 Å². The van der Waals surface area contributed by atoms with Crippen LogP contribution >= 0.6 is 0 Å². The van der Waals surface area contributed by atoms with Crippen molar-refractivity contribution in [1.82, 2.24) is 9.97 Å². The van der Waals surface area contributed by atoms with Crippen molar-refractivity contribution < 1.29 is 0 Å². The molecule has 2 nitrogen and oxygen atoms in total. The quantitative estimate of drug-likeness (QED) is 0.149. The summed E-state index contributed by atoms with van der Waals surface area (Å²) in [7, 11) is -1.41. The van der Waals surface area contributed by atoms with E-state index in [0.29, 0.717) is 0 Å². The van der Waals surface area contributed by atoms with Gasteiger partial charge in [0.15, 0.2) is 5.82 Å². The molecular formula is C49H40N2Si. The minimum atomic E-state index is -1.41. The van der Waals surface area contributed by atoms with Crippen molar-refractivity contribution >= 4 is 13.3 Å². The maximum Gasteiger partial charge on any atom is 0.160 e. The van der Waals surface area contributed by atoms with Crippen LogP contribution in [0.4, 0.5) is 0 Å². The maximum absolute atomic E-state index is 5.15. The summed E-state index contributed by atoms with van der Waals surface area (Å²) in [6.45, 7) is 7.14. The Morgan fingerprint density at radius 1 is 0.288 bits per heavy atom. The van der Waals surface area contributed by atoms with E-state index in [1.807, 2.05) is 6.07 Å². The van der Waals surface area contributed by atoms with Gasteiger partial charge in [-0.3, -0.25) is 0 Å². The van der Waals surface area contributed by atoms with Crippen molar-refractivity contribution in [2.45, 2.75) is 19.6 Å². The first-order chi connectivity index (χ1) is 25.4. The molecule has 3 heteroatoms. The van der Waals surface area contributed by atoms with E-state index < -0.39 is 8.07 Å². The third-order valence-corrected chi connectivity index (χ3v) is 11.7. The summed E-state index contributed by atoms with van der Waals surface area (Å²) in [6.07, 6.45) is 0. The smallest absolute Gasteiger partial charge is 0.160 e. The third-order valence-electron chi connectivity index (χ3n) is 9.68. The second-order valence-corrected chi connectivity index (χ2v) is 19.4. The van der Waals surface area contributed by atoms with Gasteiger partial charge in [0.1, 0.15) is 0 Å².